The summed E-state index contributed by atoms with van der Waals surface area (Å²) in [6.07, 6.45) is 1.77. The highest BCUT2D eigenvalue weighted by Crippen LogP contribution is 2.39. The number of carbonyl (C=O) groups excluding carboxylic acids is 2. The fourth-order valence-corrected chi connectivity index (χ4v) is 4.59. The minimum atomic E-state index is -0.807. The minimum Gasteiger partial charge on any atom is -0.443 e. The Morgan fingerprint density at radius 3 is 2.34 bits per heavy atom. The van der Waals surface area contributed by atoms with Gasteiger partial charge in [-0.25, -0.2) is 9.18 Å². The predicted molar refractivity (Wildman–Crippen MR) is 122 cm³/mol. The Morgan fingerprint density at radius 1 is 1.19 bits per heavy atom. The van der Waals surface area contributed by atoms with Crippen LogP contribution in [0.5, 0.6) is 0 Å². The van der Waals surface area contributed by atoms with Crippen LogP contribution in [0.25, 0.3) is 0 Å². The second-order valence-corrected chi connectivity index (χ2v) is 9.89. The number of fused-ring (bicyclic) bond motifs is 1. The van der Waals surface area contributed by atoms with Crippen LogP contribution in [0.3, 0.4) is 0 Å². The number of thioether (sulfide) groups is 1. The molecule has 0 N–H and O–H groups in total. The van der Waals surface area contributed by atoms with Gasteiger partial charge in [-0.1, -0.05) is 38.5 Å². The zero-order valence-corrected chi connectivity index (χ0v) is 20.6. The summed E-state index contributed by atoms with van der Waals surface area (Å²) in [4.78, 5) is 30.4. The van der Waals surface area contributed by atoms with E-state index in [2.05, 4.69) is 18.8 Å². The number of rotatable bonds is 11. The number of unbranched alkanes of at least 4 members (excludes halogenated alkanes) is 2. The maximum atomic E-state index is 13.3. The fourth-order valence-electron chi connectivity index (χ4n) is 3.36. The van der Waals surface area contributed by atoms with Gasteiger partial charge in [0.25, 0.3) is 0 Å². The molecule has 0 unspecified atom stereocenters. The van der Waals surface area contributed by atoms with Crippen LogP contribution in [0.4, 0.5) is 9.18 Å². The van der Waals surface area contributed by atoms with E-state index in [-0.39, 0.29) is 6.54 Å². The van der Waals surface area contributed by atoms with Crippen molar-refractivity contribution in [2.45, 2.75) is 95.7 Å². The second kappa shape index (κ2) is 12.9. The molecular formula is C22H37FN2O6S. The summed E-state index contributed by atoms with van der Waals surface area (Å²) in [6, 6.07) is -0.487. The normalized spacial score (nSPS) is 27.6. The van der Waals surface area contributed by atoms with Crippen molar-refractivity contribution in [1.82, 2.24) is 4.90 Å². The Bertz CT molecular complexity index is 644. The molecule has 0 radical (unpaired) electrons. The number of aldehydes is 1. The zero-order valence-electron chi connectivity index (χ0n) is 19.8. The van der Waals surface area contributed by atoms with Gasteiger partial charge in [-0.05, 0) is 33.6 Å². The number of hydrogen-bond donors (Lipinski definition) is 0. The standard InChI is InChI=1S/C22H37FN2O6S/c1-6-8-12-28-17-15(14-26)30-19-16(18(17)29-13-9-7-2)24-20(32-19)25(11-10-23)21(27)31-22(3,4)5/h14-19H,6-13H2,1-5H3/t15-,16-,17-,18-,19-/m1/s1. The van der Waals surface area contributed by atoms with E-state index >= 15 is 0 Å². The average Bonchev–Trinajstić information content (AvgIpc) is 3.14. The third kappa shape index (κ3) is 7.40. The molecule has 184 valence electrons. The molecule has 32 heavy (non-hydrogen) atoms. The molecule has 8 nitrogen and oxygen atoms in total. The van der Waals surface area contributed by atoms with Gasteiger partial charge < -0.3 is 23.7 Å². The van der Waals surface area contributed by atoms with Gasteiger partial charge in [-0.15, -0.1) is 0 Å². The summed E-state index contributed by atoms with van der Waals surface area (Å²) < 4.78 is 36.8. The topological polar surface area (TPSA) is 86.7 Å². The minimum absolute atomic E-state index is 0.185. The summed E-state index contributed by atoms with van der Waals surface area (Å²) in [7, 11) is 0. The van der Waals surface area contributed by atoms with Gasteiger partial charge in [0, 0.05) is 13.2 Å². The average molecular weight is 477 g/mol. The predicted octanol–water partition coefficient (Wildman–Crippen LogP) is 3.96. The molecule has 10 heteroatoms. The van der Waals surface area contributed by atoms with E-state index in [0.29, 0.717) is 18.4 Å². The van der Waals surface area contributed by atoms with Crippen LogP contribution in [0, 0.1) is 0 Å². The fraction of sp³-hybridized carbons (Fsp3) is 0.864. The van der Waals surface area contributed by atoms with Crippen molar-refractivity contribution in [3.05, 3.63) is 0 Å². The van der Waals surface area contributed by atoms with Gasteiger partial charge in [-0.2, -0.15) is 0 Å². The zero-order chi connectivity index (χ0) is 23.7. The highest BCUT2D eigenvalue weighted by atomic mass is 32.2. The van der Waals surface area contributed by atoms with Crippen LogP contribution in [-0.4, -0.2) is 84.3 Å². The van der Waals surface area contributed by atoms with Crippen LogP contribution >= 0.6 is 11.8 Å². The number of alkyl halides is 1. The van der Waals surface area contributed by atoms with Crippen LogP contribution in [0.2, 0.25) is 0 Å². The number of carbonyl (C=O) groups is 2. The Labute approximate surface area is 194 Å². The maximum absolute atomic E-state index is 13.3. The number of nitrogens with zero attached hydrogens (tertiary/aromatic N) is 2. The lowest BCUT2D eigenvalue weighted by molar-refractivity contribution is -0.188. The van der Waals surface area contributed by atoms with E-state index in [1.54, 1.807) is 20.8 Å². The van der Waals surface area contributed by atoms with Crippen LogP contribution in [0.15, 0.2) is 4.99 Å². The molecule has 5 atom stereocenters. The van der Waals surface area contributed by atoms with E-state index in [0.717, 1.165) is 32.0 Å². The lowest BCUT2D eigenvalue weighted by Gasteiger charge is -2.40. The van der Waals surface area contributed by atoms with E-state index in [9.17, 15) is 14.0 Å². The van der Waals surface area contributed by atoms with Crippen LogP contribution < -0.4 is 0 Å². The quantitative estimate of drug-likeness (QED) is 0.329. The number of aliphatic imine (C=N–C) groups is 1. The number of halogens is 1. The first-order chi connectivity index (χ1) is 15.3. The molecule has 1 amide bonds. The van der Waals surface area contributed by atoms with Gasteiger partial charge in [0.05, 0.1) is 6.54 Å². The lowest BCUT2D eigenvalue weighted by atomic mass is 9.98. The summed E-state index contributed by atoms with van der Waals surface area (Å²) >= 11 is 1.18. The van der Waals surface area contributed by atoms with E-state index in [4.69, 9.17) is 18.9 Å². The summed E-state index contributed by atoms with van der Waals surface area (Å²) in [6.45, 7) is 9.41. The molecule has 1 fully saturated rings. The number of ether oxygens (including phenoxy) is 4. The molecule has 0 aliphatic carbocycles. The van der Waals surface area contributed by atoms with Crippen molar-refractivity contribution in [2.75, 3.05) is 26.4 Å². The van der Waals surface area contributed by atoms with Gasteiger partial charge in [-0.3, -0.25) is 9.89 Å². The molecule has 2 rings (SSSR count). The highest BCUT2D eigenvalue weighted by Gasteiger charge is 2.51. The monoisotopic (exact) mass is 476 g/mol. The Morgan fingerprint density at radius 2 is 1.81 bits per heavy atom. The summed E-state index contributed by atoms with van der Waals surface area (Å²) in [5.74, 6) is 0. The number of hydrogen-bond acceptors (Lipinski definition) is 8. The Kier molecular flexibility index (Phi) is 10.9. The first-order valence-electron chi connectivity index (χ1n) is 11.4. The molecule has 2 aliphatic rings. The van der Waals surface area contributed by atoms with E-state index in [1.807, 2.05) is 0 Å². The highest BCUT2D eigenvalue weighted by molar-refractivity contribution is 8.14. The molecule has 0 aromatic carbocycles. The lowest BCUT2D eigenvalue weighted by Crippen LogP contribution is -2.57. The molecule has 0 spiro atoms. The van der Waals surface area contributed by atoms with E-state index < -0.39 is 48.2 Å². The molecule has 2 heterocycles. The van der Waals surface area contributed by atoms with Crippen molar-refractivity contribution < 1.29 is 32.9 Å². The molecule has 0 aromatic heterocycles. The van der Waals surface area contributed by atoms with E-state index in [1.165, 1.54) is 16.7 Å². The van der Waals surface area contributed by atoms with Crippen molar-refractivity contribution >= 4 is 29.3 Å². The molecule has 0 aromatic rings. The molecule has 0 saturated carbocycles. The van der Waals surface area contributed by atoms with Crippen molar-refractivity contribution in [3.63, 3.8) is 0 Å². The molecule has 0 bridgehead atoms. The van der Waals surface area contributed by atoms with Gasteiger partial charge >= 0.3 is 6.09 Å². The van der Waals surface area contributed by atoms with Crippen molar-refractivity contribution in [3.8, 4) is 0 Å². The largest absolute Gasteiger partial charge is 0.443 e. The molecular weight excluding hydrogens is 439 g/mol. The second-order valence-electron chi connectivity index (χ2n) is 8.82. The Hall–Kier alpha value is -1.23. The number of amidine groups is 1. The van der Waals surface area contributed by atoms with Gasteiger partial charge in [0.1, 0.15) is 42.1 Å². The smallest absolute Gasteiger partial charge is 0.416 e. The first-order valence-corrected chi connectivity index (χ1v) is 12.3. The Balaban J connectivity index is 2.28. The third-order valence-corrected chi connectivity index (χ3v) is 6.10. The van der Waals surface area contributed by atoms with Crippen LogP contribution in [0.1, 0.15) is 60.3 Å². The van der Waals surface area contributed by atoms with Crippen molar-refractivity contribution in [2.24, 2.45) is 4.99 Å². The summed E-state index contributed by atoms with van der Waals surface area (Å²) in [5.41, 5.74) is -1.27. The molecule has 1 saturated heterocycles. The summed E-state index contributed by atoms with van der Waals surface area (Å²) in [5, 5.41) is 0.301. The SMILES string of the molecule is CCCCO[C@@H]1[C@H]2N=C(N(CCF)C(=O)OC(C)(C)C)S[C@H]2O[C@H](C=O)[C@H]1OCCCC. The third-order valence-electron chi connectivity index (χ3n) is 4.94. The van der Waals surface area contributed by atoms with Crippen LogP contribution in [-0.2, 0) is 23.7 Å². The van der Waals surface area contributed by atoms with Gasteiger partial charge in [0.2, 0.25) is 0 Å². The van der Waals surface area contributed by atoms with Gasteiger partial charge in [0.15, 0.2) is 11.5 Å². The molecule has 2 aliphatic heterocycles. The maximum Gasteiger partial charge on any atom is 0.416 e. The first kappa shape index (κ1) is 27.0. The van der Waals surface area contributed by atoms with Crippen molar-refractivity contribution in [1.29, 1.82) is 0 Å². The number of amides is 1.